The smallest absolute Gasteiger partial charge is 0.262 e. The van der Waals surface area contributed by atoms with Crippen molar-refractivity contribution in [1.29, 1.82) is 0 Å². The second-order valence-electron chi connectivity index (χ2n) is 9.20. The highest BCUT2D eigenvalue weighted by Gasteiger charge is 2.35. The first kappa shape index (κ1) is 25.7. The molecule has 0 bridgehead atoms. The van der Waals surface area contributed by atoms with E-state index in [0.717, 1.165) is 44.8 Å². The number of benzene rings is 2. The van der Waals surface area contributed by atoms with Crippen molar-refractivity contribution < 1.29 is 23.9 Å². The van der Waals surface area contributed by atoms with Crippen LogP contribution in [-0.2, 0) is 19.1 Å². The van der Waals surface area contributed by atoms with Gasteiger partial charge in [-0.25, -0.2) is 0 Å². The molecule has 2 heterocycles. The standard InChI is InChI=1S/C27H34N4O5/c1-20-3-5-22(6-4-20)29-25(32)19-36-24-9-7-23(8-10-24)31-18-21(17-26(31)33)27(34)28-11-2-12-30-13-15-35-16-14-30/h3-10,21H,2,11-19H2,1H3,(H,28,34)(H,29,32)/t21-/m1/s1. The number of nitrogens with zero attached hydrogens (tertiary/aromatic N) is 2. The maximum atomic E-state index is 12.6. The van der Waals surface area contributed by atoms with E-state index in [1.54, 1.807) is 29.2 Å². The average Bonchev–Trinajstić information content (AvgIpc) is 3.29. The van der Waals surface area contributed by atoms with Crippen LogP contribution in [0.4, 0.5) is 11.4 Å². The number of aryl methyl sites for hydroxylation is 1. The lowest BCUT2D eigenvalue weighted by atomic mass is 10.1. The summed E-state index contributed by atoms with van der Waals surface area (Å²) >= 11 is 0. The first-order chi connectivity index (χ1) is 17.5. The summed E-state index contributed by atoms with van der Waals surface area (Å²) in [5.74, 6) is -0.236. The minimum Gasteiger partial charge on any atom is -0.484 e. The lowest BCUT2D eigenvalue weighted by Crippen LogP contribution is -2.39. The fraction of sp³-hybridized carbons (Fsp3) is 0.444. The normalized spacial score (nSPS) is 18.2. The van der Waals surface area contributed by atoms with Gasteiger partial charge in [-0.1, -0.05) is 17.7 Å². The zero-order chi connectivity index (χ0) is 25.3. The van der Waals surface area contributed by atoms with Gasteiger partial charge in [-0.15, -0.1) is 0 Å². The zero-order valence-corrected chi connectivity index (χ0v) is 20.7. The quantitative estimate of drug-likeness (QED) is 0.492. The number of carbonyl (C=O) groups is 3. The Morgan fingerprint density at radius 2 is 1.78 bits per heavy atom. The molecule has 1 atom stereocenters. The lowest BCUT2D eigenvalue weighted by molar-refractivity contribution is -0.126. The molecular weight excluding hydrogens is 460 g/mol. The van der Waals surface area contributed by atoms with Gasteiger partial charge < -0.3 is 25.0 Å². The Morgan fingerprint density at radius 1 is 1.06 bits per heavy atom. The van der Waals surface area contributed by atoms with Crippen LogP contribution in [0.1, 0.15) is 18.4 Å². The Labute approximate surface area is 211 Å². The molecule has 2 saturated heterocycles. The van der Waals surface area contributed by atoms with Gasteiger partial charge in [0, 0.05) is 44.0 Å². The molecular formula is C27H34N4O5. The third-order valence-electron chi connectivity index (χ3n) is 6.40. The Balaban J connectivity index is 1.19. The number of hydrogen-bond acceptors (Lipinski definition) is 6. The molecule has 3 amide bonds. The molecule has 36 heavy (non-hydrogen) atoms. The third-order valence-corrected chi connectivity index (χ3v) is 6.40. The molecule has 0 aromatic heterocycles. The van der Waals surface area contributed by atoms with Crippen LogP contribution in [0.25, 0.3) is 0 Å². The van der Waals surface area contributed by atoms with Crippen LogP contribution in [0.2, 0.25) is 0 Å². The van der Waals surface area contributed by atoms with Gasteiger partial charge in [0.05, 0.1) is 19.1 Å². The molecule has 9 heteroatoms. The summed E-state index contributed by atoms with van der Waals surface area (Å²) in [6.07, 6.45) is 1.08. The predicted molar refractivity (Wildman–Crippen MR) is 137 cm³/mol. The highest BCUT2D eigenvalue weighted by molar-refractivity contribution is 6.00. The average molecular weight is 495 g/mol. The van der Waals surface area contributed by atoms with E-state index < -0.39 is 0 Å². The summed E-state index contributed by atoms with van der Waals surface area (Å²) in [7, 11) is 0. The Morgan fingerprint density at radius 3 is 2.50 bits per heavy atom. The molecule has 2 aliphatic heterocycles. The van der Waals surface area contributed by atoms with Crippen molar-refractivity contribution in [2.75, 3.05) is 62.8 Å². The van der Waals surface area contributed by atoms with Crippen LogP contribution in [0, 0.1) is 12.8 Å². The van der Waals surface area contributed by atoms with Gasteiger partial charge in [-0.05, 0) is 56.3 Å². The third kappa shape index (κ3) is 7.29. The van der Waals surface area contributed by atoms with E-state index in [1.807, 2.05) is 31.2 Å². The monoisotopic (exact) mass is 494 g/mol. The van der Waals surface area contributed by atoms with E-state index in [2.05, 4.69) is 15.5 Å². The summed E-state index contributed by atoms with van der Waals surface area (Å²) in [4.78, 5) is 41.2. The summed E-state index contributed by atoms with van der Waals surface area (Å²) in [5, 5.41) is 5.77. The molecule has 2 N–H and O–H groups in total. The molecule has 0 saturated carbocycles. The summed E-state index contributed by atoms with van der Waals surface area (Å²) in [5.41, 5.74) is 2.54. The second kappa shape index (κ2) is 12.5. The van der Waals surface area contributed by atoms with Crippen molar-refractivity contribution in [2.45, 2.75) is 19.8 Å². The van der Waals surface area contributed by atoms with Crippen LogP contribution in [-0.4, -0.2) is 75.2 Å². The lowest BCUT2D eigenvalue weighted by Gasteiger charge is -2.26. The molecule has 192 valence electrons. The fourth-order valence-corrected chi connectivity index (χ4v) is 4.32. The number of morpholine rings is 1. The minimum atomic E-state index is -0.359. The van der Waals surface area contributed by atoms with Gasteiger partial charge in [0.25, 0.3) is 5.91 Å². The number of amides is 3. The molecule has 0 aliphatic carbocycles. The van der Waals surface area contributed by atoms with Crippen molar-refractivity contribution in [2.24, 2.45) is 5.92 Å². The van der Waals surface area contributed by atoms with E-state index in [0.29, 0.717) is 30.2 Å². The molecule has 4 rings (SSSR count). The van der Waals surface area contributed by atoms with Gasteiger partial charge in [0.15, 0.2) is 6.61 Å². The summed E-state index contributed by atoms with van der Waals surface area (Å²) in [6.45, 7) is 7.15. The molecule has 2 aromatic carbocycles. The number of rotatable bonds is 10. The minimum absolute atomic E-state index is 0.0744. The molecule has 2 aliphatic rings. The number of anilines is 2. The van der Waals surface area contributed by atoms with Gasteiger partial charge in [-0.3, -0.25) is 19.3 Å². The first-order valence-electron chi connectivity index (χ1n) is 12.5. The maximum Gasteiger partial charge on any atom is 0.262 e. The zero-order valence-electron chi connectivity index (χ0n) is 20.7. The number of ether oxygens (including phenoxy) is 2. The predicted octanol–water partition coefficient (Wildman–Crippen LogP) is 2.20. The molecule has 2 aromatic rings. The van der Waals surface area contributed by atoms with Crippen molar-refractivity contribution in [3.8, 4) is 5.75 Å². The SMILES string of the molecule is Cc1ccc(NC(=O)COc2ccc(N3C[C@H](C(=O)NCCCN4CCOCC4)CC3=O)cc2)cc1. The van der Waals surface area contributed by atoms with E-state index in [1.165, 1.54) is 0 Å². The van der Waals surface area contributed by atoms with E-state index in [9.17, 15) is 14.4 Å². The van der Waals surface area contributed by atoms with Crippen molar-refractivity contribution in [3.63, 3.8) is 0 Å². The van der Waals surface area contributed by atoms with Crippen molar-refractivity contribution >= 4 is 29.1 Å². The Kier molecular flexibility index (Phi) is 8.91. The Bertz CT molecular complexity index is 1040. The number of hydrogen-bond donors (Lipinski definition) is 2. The highest BCUT2D eigenvalue weighted by atomic mass is 16.5. The van der Waals surface area contributed by atoms with Crippen LogP contribution in [0.3, 0.4) is 0 Å². The summed E-state index contributed by atoms with van der Waals surface area (Å²) < 4.78 is 10.9. The van der Waals surface area contributed by atoms with Gasteiger partial charge >= 0.3 is 0 Å². The Hall–Kier alpha value is -3.43. The van der Waals surface area contributed by atoms with E-state index in [-0.39, 0.29) is 36.7 Å². The van der Waals surface area contributed by atoms with Crippen molar-refractivity contribution in [3.05, 3.63) is 54.1 Å². The van der Waals surface area contributed by atoms with Gasteiger partial charge in [-0.2, -0.15) is 0 Å². The largest absolute Gasteiger partial charge is 0.484 e. The van der Waals surface area contributed by atoms with Crippen LogP contribution in [0.15, 0.2) is 48.5 Å². The molecule has 0 spiro atoms. The van der Waals surface area contributed by atoms with Crippen LogP contribution >= 0.6 is 0 Å². The number of carbonyl (C=O) groups excluding carboxylic acids is 3. The highest BCUT2D eigenvalue weighted by Crippen LogP contribution is 2.27. The van der Waals surface area contributed by atoms with E-state index in [4.69, 9.17) is 9.47 Å². The van der Waals surface area contributed by atoms with Crippen LogP contribution in [0.5, 0.6) is 5.75 Å². The van der Waals surface area contributed by atoms with E-state index >= 15 is 0 Å². The molecule has 9 nitrogen and oxygen atoms in total. The topological polar surface area (TPSA) is 100 Å². The molecule has 2 fully saturated rings. The maximum absolute atomic E-state index is 12.6. The van der Waals surface area contributed by atoms with Gasteiger partial charge in [0.2, 0.25) is 11.8 Å². The number of nitrogens with one attached hydrogen (secondary N) is 2. The molecule has 0 radical (unpaired) electrons. The fourth-order valence-electron chi connectivity index (χ4n) is 4.32. The van der Waals surface area contributed by atoms with Crippen LogP contribution < -0.4 is 20.3 Å². The second-order valence-corrected chi connectivity index (χ2v) is 9.20. The van der Waals surface area contributed by atoms with Crippen molar-refractivity contribution in [1.82, 2.24) is 10.2 Å². The van der Waals surface area contributed by atoms with Gasteiger partial charge in [0.1, 0.15) is 5.75 Å². The summed E-state index contributed by atoms with van der Waals surface area (Å²) in [6, 6.07) is 14.5. The molecule has 0 unspecified atom stereocenters. The first-order valence-corrected chi connectivity index (χ1v) is 12.5.